The molecule has 0 spiro atoms. The summed E-state index contributed by atoms with van der Waals surface area (Å²) in [5.41, 5.74) is 0.355. The first kappa shape index (κ1) is 21.7. The van der Waals surface area contributed by atoms with Gasteiger partial charge in [0.15, 0.2) is 0 Å². The van der Waals surface area contributed by atoms with Crippen LogP contribution in [-0.4, -0.2) is 40.6 Å². The number of esters is 1. The first-order valence-corrected chi connectivity index (χ1v) is 9.89. The average Bonchev–Trinajstić information content (AvgIpc) is 2.67. The summed E-state index contributed by atoms with van der Waals surface area (Å²) >= 11 is 5.96. The highest BCUT2D eigenvalue weighted by atomic mass is 35.5. The molecule has 0 heterocycles. The Morgan fingerprint density at radius 3 is 2.39 bits per heavy atom. The number of anilines is 1. The van der Waals surface area contributed by atoms with Crippen molar-refractivity contribution >= 4 is 39.2 Å². The molecule has 8 nitrogen and oxygen atoms in total. The molecule has 0 bridgehead atoms. The zero-order chi connectivity index (χ0) is 20.9. The van der Waals surface area contributed by atoms with E-state index in [1.54, 1.807) is 12.1 Å². The molecule has 2 N–H and O–H groups in total. The fourth-order valence-corrected chi connectivity index (χ4v) is 3.84. The van der Waals surface area contributed by atoms with E-state index in [0.29, 0.717) is 5.75 Å². The van der Waals surface area contributed by atoms with E-state index in [9.17, 15) is 18.0 Å². The van der Waals surface area contributed by atoms with Crippen molar-refractivity contribution in [3.05, 3.63) is 53.1 Å². The molecule has 0 radical (unpaired) electrons. The van der Waals surface area contributed by atoms with Gasteiger partial charge in [0.1, 0.15) is 5.75 Å². The van der Waals surface area contributed by atoms with Crippen LogP contribution in [0, 0.1) is 0 Å². The molecule has 0 saturated heterocycles. The number of benzene rings is 2. The Labute approximate surface area is 167 Å². The van der Waals surface area contributed by atoms with E-state index in [2.05, 4.69) is 14.8 Å². The molecular weight excluding hydrogens is 408 g/mol. The molecular formula is C18H19ClN2O6S. The second-order valence-electron chi connectivity index (χ2n) is 5.67. The molecule has 2 rings (SSSR count). The SMILES string of the molecule is COC(=O)c1ccccc1NC(=O)[C@@H](C)NS(=O)(=O)c1ccc(OC)c(Cl)c1. The number of halogens is 1. The van der Waals surface area contributed by atoms with Crippen molar-refractivity contribution in [3.63, 3.8) is 0 Å². The topological polar surface area (TPSA) is 111 Å². The number of para-hydroxylation sites is 1. The van der Waals surface area contributed by atoms with Crippen molar-refractivity contribution in [1.29, 1.82) is 0 Å². The van der Waals surface area contributed by atoms with Crippen molar-refractivity contribution in [2.45, 2.75) is 17.9 Å². The van der Waals surface area contributed by atoms with E-state index in [0.717, 1.165) is 0 Å². The lowest BCUT2D eigenvalue weighted by Gasteiger charge is -2.16. The highest BCUT2D eigenvalue weighted by molar-refractivity contribution is 7.89. The summed E-state index contributed by atoms with van der Waals surface area (Å²) in [6.07, 6.45) is 0. The van der Waals surface area contributed by atoms with Gasteiger partial charge in [0, 0.05) is 0 Å². The number of amides is 1. The summed E-state index contributed by atoms with van der Waals surface area (Å²) in [6.45, 7) is 1.37. The zero-order valence-electron chi connectivity index (χ0n) is 15.4. The second-order valence-corrected chi connectivity index (χ2v) is 7.79. The number of nitrogens with one attached hydrogen (secondary N) is 2. The van der Waals surface area contributed by atoms with Gasteiger partial charge in [0.05, 0.1) is 41.4 Å². The van der Waals surface area contributed by atoms with Crippen LogP contribution in [0.3, 0.4) is 0 Å². The minimum absolute atomic E-state index is 0.118. The fraction of sp³-hybridized carbons (Fsp3) is 0.222. The van der Waals surface area contributed by atoms with Gasteiger partial charge in [-0.1, -0.05) is 23.7 Å². The number of sulfonamides is 1. The predicted molar refractivity (Wildman–Crippen MR) is 104 cm³/mol. The lowest BCUT2D eigenvalue weighted by molar-refractivity contribution is -0.117. The van der Waals surface area contributed by atoms with E-state index in [4.69, 9.17) is 16.3 Å². The normalized spacial score (nSPS) is 12.1. The van der Waals surface area contributed by atoms with E-state index >= 15 is 0 Å². The largest absolute Gasteiger partial charge is 0.495 e. The van der Waals surface area contributed by atoms with Crippen LogP contribution in [0.2, 0.25) is 5.02 Å². The number of hydrogen-bond donors (Lipinski definition) is 2. The molecule has 0 saturated carbocycles. The molecule has 0 aromatic heterocycles. The van der Waals surface area contributed by atoms with Crippen LogP contribution in [0.15, 0.2) is 47.4 Å². The molecule has 0 fully saturated rings. The van der Waals surface area contributed by atoms with Crippen molar-refractivity contribution in [2.75, 3.05) is 19.5 Å². The zero-order valence-corrected chi connectivity index (χ0v) is 16.9. The lowest BCUT2D eigenvalue weighted by Crippen LogP contribution is -2.41. The Balaban J connectivity index is 2.16. The van der Waals surface area contributed by atoms with E-state index in [-0.39, 0.29) is 21.2 Å². The van der Waals surface area contributed by atoms with Gasteiger partial charge in [0.2, 0.25) is 15.9 Å². The minimum atomic E-state index is -4.02. The highest BCUT2D eigenvalue weighted by Crippen LogP contribution is 2.27. The van der Waals surface area contributed by atoms with Crippen LogP contribution in [0.4, 0.5) is 5.69 Å². The molecule has 1 atom stereocenters. The number of carbonyl (C=O) groups excluding carboxylic acids is 2. The second kappa shape index (κ2) is 9.05. The summed E-state index contributed by atoms with van der Waals surface area (Å²) in [6, 6.07) is 9.04. The Morgan fingerprint density at radius 1 is 1.11 bits per heavy atom. The molecule has 10 heteroatoms. The Hall–Kier alpha value is -2.62. The Bertz CT molecular complexity index is 993. The lowest BCUT2D eigenvalue weighted by atomic mass is 10.1. The average molecular weight is 427 g/mol. The summed E-state index contributed by atoms with van der Waals surface area (Å²) in [5, 5.41) is 2.64. The van der Waals surface area contributed by atoms with Gasteiger partial charge in [-0.05, 0) is 37.3 Å². The van der Waals surface area contributed by atoms with Gasteiger partial charge in [-0.3, -0.25) is 4.79 Å². The maximum absolute atomic E-state index is 12.5. The van der Waals surface area contributed by atoms with Crippen molar-refractivity contribution in [1.82, 2.24) is 4.72 Å². The molecule has 0 aliphatic rings. The molecule has 2 aromatic rings. The van der Waals surface area contributed by atoms with E-state index in [1.807, 2.05) is 0 Å². The minimum Gasteiger partial charge on any atom is -0.495 e. The third kappa shape index (κ3) is 5.00. The van der Waals surface area contributed by atoms with Gasteiger partial charge in [-0.2, -0.15) is 4.72 Å². The molecule has 150 valence electrons. The first-order valence-electron chi connectivity index (χ1n) is 8.03. The standard InChI is InChI=1S/C18H19ClN2O6S/c1-11(17(22)20-15-7-5-4-6-13(15)18(23)27-3)21-28(24,25)12-8-9-16(26-2)14(19)10-12/h4-11,21H,1-3H3,(H,20,22)/t11-/m1/s1. The molecule has 0 aliphatic heterocycles. The smallest absolute Gasteiger partial charge is 0.339 e. The summed E-state index contributed by atoms with van der Waals surface area (Å²) in [4.78, 5) is 24.1. The Morgan fingerprint density at radius 2 is 1.79 bits per heavy atom. The predicted octanol–water partition coefficient (Wildman–Crippen LogP) is 2.44. The van der Waals surface area contributed by atoms with E-state index < -0.39 is 27.9 Å². The molecule has 28 heavy (non-hydrogen) atoms. The van der Waals surface area contributed by atoms with Gasteiger partial charge in [0.25, 0.3) is 0 Å². The van der Waals surface area contributed by atoms with Gasteiger partial charge < -0.3 is 14.8 Å². The summed E-state index contributed by atoms with van der Waals surface area (Å²) in [5.74, 6) is -0.956. The van der Waals surface area contributed by atoms with Crippen LogP contribution < -0.4 is 14.8 Å². The number of carbonyl (C=O) groups is 2. The van der Waals surface area contributed by atoms with Crippen LogP contribution in [0.1, 0.15) is 17.3 Å². The van der Waals surface area contributed by atoms with Gasteiger partial charge in [-0.25, -0.2) is 13.2 Å². The highest BCUT2D eigenvalue weighted by Gasteiger charge is 2.24. The van der Waals surface area contributed by atoms with Crippen LogP contribution >= 0.6 is 11.6 Å². The Kier molecular flexibility index (Phi) is 7.00. The third-order valence-corrected chi connectivity index (χ3v) is 5.58. The summed E-state index contributed by atoms with van der Waals surface area (Å²) in [7, 11) is -1.39. The fourth-order valence-electron chi connectivity index (χ4n) is 2.29. The number of ether oxygens (including phenoxy) is 2. The number of methoxy groups -OCH3 is 2. The molecule has 1 amide bonds. The molecule has 0 aliphatic carbocycles. The summed E-state index contributed by atoms with van der Waals surface area (Å²) < 4.78 is 36.9. The quantitative estimate of drug-likeness (QED) is 0.658. The van der Waals surface area contributed by atoms with Crippen LogP contribution in [-0.2, 0) is 19.6 Å². The van der Waals surface area contributed by atoms with Crippen LogP contribution in [0.5, 0.6) is 5.75 Å². The van der Waals surface area contributed by atoms with E-state index in [1.165, 1.54) is 51.5 Å². The number of hydrogen-bond acceptors (Lipinski definition) is 6. The molecule has 2 aromatic carbocycles. The van der Waals surface area contributed by atoms with Crippen LogP contribution in [0.25, 0.3) is 0 Å². The molecule has 0 unspecified atom stereocenters. The van der Waals surface area contributed by atoms with Crippen molar-refractivity contribution in [3.8, 4) is 5.75 Å². The monoisotopic (exact) mass is 426 g/mol. The van der Waals surface area contributed by atoms with Crippen molar-refractivity contribution < 1.29 is 27.5 Å². The van der Waals surface area contributed by atoms with Gasteiger partial charge >= 0.3 is 5.97 Å². The maximum atomic E-state index is 12.5. The number of rotatable bonds is 7. The van der Waals surface area contributed by atoms with Crippen molar-refractivity contribution in [2.24, 2.45) is 0 Å². The maximum Gasteiger partial charge on any atom is 0.339 e. The van der Waals surface area contributed by atoms with Gasteiger partial charge in [-0.15, -0.1) is 0 Å². The first-order chi connectivity index (χ1) is 13.2. The third-order valence-electron chi connectivity index (χ3n) is 3.75.